The van der Waals surface area contributed by atoms with Gasteiger partial charge < -0.3 is 10.2 Å². The van der Waals surface area contributed by atoms with Crippen LogP contribution < -0.4 is 0 Å². The van der Waals surface area contributed by atoms with E-state index in [1.807, 2.05) is 0 Å². The highest BCUT2D eigenvalue weighted by Crippen LogP contribution is 1.85. The van der Waals surface area contributed by atoms with E-state index < -0.39 is 12.1 Å². The molecule has 3 heteroatoms. The first-order valence-electron chi connectivity index (χ1n) is 2.03. The predicted molar refractivity (Wildman–Crippen MR) is 23.9 cm³/mol. The van der Waals surface area contributed by atoms with Gasteiger partial charge in [-0.25, -0.2) is 0 Å². The maximum atomic E-state index is 9.65. The second-order valence-electron chi connectivity index (χ2n) is 1.45. The molecule has 2 N–H and O–H groups in total. The Morgan fingerprint density at radius 2 is 2.29 bits per heavy atom. The molecule has 0 fully saturated rings. The molecule has 3 nitrogen and oxygen atoms in total. The summed E-state index contributed by atoms with van der Waals surface area (Å²) in [6.07, 6.45) is -0.891. The molecule has 0 aliphatic rings. The predicted octanol–water partition coefficient (Wildman–Crippen LogP) is -0.158. The fourth-order valence-corrected chi connectivity index (χ4v) is 0.253. The van der Waals surface area contributed by atoms with Crippen molar-refractivity contribution in [2.24, 2.45) is 0 Å². The van der Waals surface area contributed by atoms with E-state index in [2.05, 4.69) is 0 Å². The molecule has 0 aliphatic carbocycles. The molecule has 42 valence electrons. The number of hydrogen-bond donors (Lipinski definition) is 2. The van der Waals surface area contributed by atoms with E-state index in [1.165, 1.54) is 6.92 Å². The van der Waals surface area contributed by atoms with E-state index in [1.54, 1.807) is 0 Å². The van der Waals surface area contributed by atoms with E-state index in [4.69, 9.17) is 10.2 Å². The van der Waals surface area contributed by atoms with Gasteiger partial charge in [-0.1, -0.05) is 0 Å². The second kappa shape index (κ2) is 2.58. The SMILES string of the molecule is [13CH3]C(O)[13CH2]C(=O)O. The van der Waals surface area contributed by atoms with Gasteiger partial charge in [0, 0.05) is 0 Å². The van der Waals surface area contributed by atoms with Gasteiger partial charge in [0.1, 0.15) is 0 Å². The molecule has 0 aliphatic heterocycles. The maximum absolute atomic E-state index is 9.65. The number of aliphatic hydroxyl groups is 1. The van der Waals surface area contributed by atoms with Crippen molar-refractivity contribution in [1.29, 1.82) is 0 Å². The van der Waals surface area contributed by atoms with Gasteiger partial charge in [-0.05, 0) is 6.92 Å². The van der Waals surface area contributed by atoms with Crippen molar-refractivity contribution in [1.82, 2.24) is 0 Å². The van der Waals surface area contributed by atoms with Crippen molar-refractivity contribution in [3.05, 3.63) is 0 Å². The van der Waals surface area contributed by atoms with Crippen LogP contribution in [0.25, 0.3) is 0 Å². The highest BCUT2D eigenvalue weighted by molar-refractivity contribution is 5.67. The van der Waals surface area contributed by atoms with Crippen LogP contribution in [0.4, 0.5) is 0 Å². The Hall–Kier alpha value is -0.570. The van der Waals surface area contributed by atoms with Crippen molar-refractivity contribution in [3.63, 3.8) is 0 Å². The Balaban J connectivity index is 3.13. The Labute approximate surface area is 41.6 Å². The fraction of sp³-hybridized carbons (Fsp3) is 0.750. The molecule has 0 spiro atoms. The third-order valence-electron chi connectivity index (χ3n) is 0.470. The van der Waals surface area contributed by atoms with Crippen molar-refractivity contribution < 1.29 is 15.0 Å². The number of carboxylic acids is 1. The van der Waals surface area contributed by atoms with Gasteiger partial charge in [-0.2, -0.15) is 0 Å². The van der Waals surface area contributed by atoms with E-state index in [9.17, 15) is 4.79 Å². The van der Waals surface area contributed by atoms with Crippen molar-refractivity contribution in [2.75, 3.05) is 0 Å². The lowest BCUT2D eigenvalue weighted by Gasteiger charge is -1.94. The molecule has 0 rings (SSSR count). The van der Waals surface area contributed by atoms with Gasteiger partial charge in [0.25, 0.3) is 0 Å². The molecule has 0 aromatic heterocycles. The standard InChI is InChI=1S/C4H8O3/c1-3(5)2-4(6)7/h3,5H,2H2,1H3,(H,6,7)/i1+1,2+1. The van der Waals surface area contributed by atoms with Crippen LogP contribution in [0.2, 0.25) is 0 Å². The molecular formula is C4H8O3. The highest BCUT2D eigenvalue weighted by atomic mass is 16.4. The van der Waals surface area contributed by atoms with E-state index >= 15 is 0 Å². The van der Waals surface area contributed by atoms with Crippen LogP contribution in [-0.4, -0.2) is 22.3 Å². The summed E-state index contributed by atoms with van der Waals surface area (Å²) in [5, 5.41) is 16.3. The highest BCUT2D eigenvalue weighted by Gasteiger charge is 2.00. The molecule has 0 heterocycles. The van der Waals surface area contributed by atoms with E-state index in [0.29, 0.717) is 0 Å². The minimum atomic E-state index is -0.963. The monoisotopic (exact) mass is 106 g/mol. The topological polar surface area (TPSA) is 57.5 Å². The fourth-order valence-electron chi connectivity index (χ4n) is 0.253. The van der Waals surface area contributed by atoms with Gasteiger partial charge in [-0.15, -0.1) is 0 Å². The molecule has 1 unspecified atom stereocenters. The van der Waals surface area contributed by atoms with Gasteiger partial charge >= 0.3 is 5.97 Å². The van der Waals surface area contributed by atoms with E-state index in [0.717, 1.165) is 0 Å². The molecule has 1 atom stereocenters. The van der Waals surface area contributed by atoms with Gasteiger partial charge in [0.05, 0.1) is 12.5 Å². The van der Waals surface area contributed by atoms with Crippen LogP contribution in [0.5, 0.6) is 0 Å². The number of aliphatic hydroxyl groups excluding tert-OH is 1. The summed E-state index contributed by atoms with van der Waals surface area (Å²) in [5.41, 5.74) is 0. The quantitative estimate of drug-likeness (QED) is 0.481. The summed E-state index contributed by atoms with van der Waals surface area (Å²) in [5.74, 6) is -0.963. The molecule has 7 heavy (non-hydrogen) atoms. The van der Waals surface area contributed by atoms with Crippen LogP contribution >= 0.6 is 0 Å². The summed E-state index contributed by atoms with van der Waals surface area (Å²) in [7, 11) is 0. The molecule has 0 radical (unpaired) electrons. The van der Waals surface area contributed by atoms with Gasteiger partial charge in [0.15, 0.2) is 0 Å². The normalized spacial score (nSPS) is 13.4. The zero-order valence-corrected chi connectivity index (χ0v) is 4.09. The average molecular weight is 106 g/mol. The molecule has 0 saturated heterocycles. The summed E-state index contributed by atoms with van der Waals surface area (Å²) < 4.78 is 0. The molecule has 0 aromatic carbocycles. The van der Waals surface area contributed by atoms with Crippen molar-refractivity contribution in [2.45, 2.75) is 19.4 Å². The lowest BCUT2D eigenvalue weighted by molar-refractivity contribution is -0.138. The number of aliphatic carboxylic acids is 1. The number of rotatable bonds is 2. The van der Waals surface area contributed by atoms with Crippen LogP contribution in [0.15, 0.2) is 0 Å². The lowest BCUT2D eigenvalue weighted by Crippen LogP contribution is -2.07. The van der Waals surface area contributed by atoms with Gasteiger partial charge in [-0.3, -0.25) is 4.79 Å². The minimum Gasteiger partial charge on any atom is -0.481 e. The first-order valence-corrected chi connectivity index (χ1v) is 2.03. The van der Waals surface area contributed by atoms with Crippen LogP contribution in [0.1, 0.15) is 13.3 Å². The Bertz CT molecular complexity index is 67.3. The molecular weight excluding hydrogens is 98.0 g/mol. The molecule has 0 bridgehead atoms. The smallest absolute Gasteiger partial charge is 0.305 e. The van der Waals surface area contributed by atoms with Crippen LogP contribution in [-0.2, 0) is 4.79 Å². The molecule has 0 amide bonds. The van der Waals surface area contributed by atoms with Crippen molar-refractivity contribution >= 4 is 5.97 Å². The maximum Gasteiger partial charge on any atom is 0.305 e. The van der Waals surface area contributed by atoms with Crippen LogP contribution in [0.3, 0.4) is 0 Å². The summed E-state index contributed by atoms with van der Waals surface area (Å²) in [4.78, 5) is 9.65. The Morgan fingerprint density at radius 1 is 1.86 bits per heavy atom. The number of hydrogen-bond acceptors (Lipinski definition) is 2. The van der Waals surface area contributed by atoms with E-state index in [-0.39, 0.29) is 6.42 Å². The third kappa shape index (κ3) is 5.43. The number of carbonyl (C=O) groups is 1. The zero-order valence-electron chi connectivity index (χ0n) is 4.09. The largest absolute Gasteiger partial charge is 0.481 e. The molecule has 0 saturated carbocycles. The first kappa shape index (κ1) is 6.43. The summed E-state index contributed by atoms with van der Waals surface area (Å²) in [6.45, 7) is 1.44. The Kier molecular flexibility index (Phi) is 2.37. The third-order valence-corrected chi connectivity index (χ3v) is 0.470. The summed E-state index contributed by atoms with van der Waals surface area (Å²) in [6, 6.07) is 0. The van der Waals surface area contributed by atoms with Crippen molar-refractivity contribution in [3.8, 4) is 0 Å². The number of carboxylic acid groups (broad SMARTS) is 1. The van der Waals surface area contributed by atoms with Gasteiger partial charge in [0.2, 0.25) is 0 Å². The average Bonchev–Trinajstić information content (AvgIpc) is 1.27. The lowest BCUT2D eigenvalue weighted by atomic mass is 10.7. The minimum absolute atomic E-state index is 0.167. The molecule has 0 aromatic rings. The first-order chi connectivity index (χ1) is 3.13. The van der Waals surface area contributed by atoms with Crippen LogP contribution in [0, 0.1) is 0 Å². The second-order valence-corrected chi connectivity index (χ2v) is 1.45. The summed E-state index contributed by atoms with van der Waals surface area (Å²) >= 11 is 0. The zero-order chi connectivity index (χ0) is 5.86. The Morgan fingerprint density at radius 3 is 2.29 bits per heavy atom.